The van der Waals surface area contributed by atoms with Gasteiger partial charge in [0.1, 0.15) is 5.69 Å². The van der Waals surface area contributed by atoms with Gasteiger partial charge in [-0.2, -0.15) is 5.10 Å². The number of benzene rings is 3. The predicted molar refractivity (Wildman–Crippen MR) is 106 cm³/mol. The fraction of sp³-hybridized carbons (Fsp3) is 0.0435. The van der Waals surface area contributed by atoms with Crippen molar-refractivity contribution in [2.75, 3.05) is 4.90 Å². The summed E-state index contributed by atoms with van der Waals surface area (Å²) in [6.45, 7) is 0. The molecule has 1 aliphatic heterocycles. The lowest BCUT2D eigenvalue weighted by Crippen LogP contribution is -2.29. The molecule has 0 saturated carbocycles. The quantitative estimate of drug-likeness (QED) is 0.575. The average Bonchev–Trinajstić information content (AvgIpc) is 3.29. The summed E-state index contributed by atoms with van der Waals surface area (Å²) in [5.41, 5.74) is 5.25. The van der Waals surface area contributed by atoms with Gasteiger partial charge in [0.05, 0.1) is 11.7 Å². The number of nitrogens with one attached hydrogen (secondary N) is 1. The Kier molecular flexibility index (Phi) is 3.61. The van der Waals surface area contributed by atoms with Crippen molar-refractivity contribution in [2.45, 2.75) is 6.04 Å². The van der Waals surface area contributed by atoms with E-state index >= 15 is 0 Å². The molecule has 27 heavy (non-hydrogen) atoms. The third kappa shape index (κ3) is 2.46. The van der Waals surface area contributed by atoms with Gasteiger partial charge in [0, 0.05) is 16.8 Å². The Hall–Kier alpha value is -3.66. The molecule has 5 rings (SSSR count). The molecule has 1 aromatic heterocycles. The van der Waals surface area contributed by atoms with E-state index in [4.69, 9.17) is 0 Å². The van der Waals surface area contributed by atoms with Gasteiger partial charge in [-0.15, -0.1) is 0 Å². The van der Waals surface area contributed by atoms with Crippen LogP contribution in [0.2, 0.25) is 0 Å². The maximum Gasteiger partial charge on any atom is 0.277 e. The van der Waals surface area contributed by atoms with Crippen LogP contribution in [-0.2, 0) is 0 Å². The van der Waals surface area contributed by atoms with Crippen molar-refractivity contribution in [1.29, 1.82) is 0 Å². The van der Waals surface area contributed by atoms with Crippen LogP contribution in [0.3, 0.4) is 0 Å². The molecule has 4 nitrogen and oxygen atoms in total. The Morgan fingerprint density at radius 2 is 1.37 bits per heavy atom. The van der Waals surface area contributed by atoms with Gasteiger partial charge in [0.15, 0.2) is 0 Å². The Bertz CT molecular complexity index is 1090. The molecule has 1 amide bonds. The summed E-state index contributed by atoms with van der Waals surface area (Å²) in [6, 6.07) is 29.7. The number of H-pyrrole nitrogens is 1. The predicted octanol–water partition coefficient (Wildman–Crippen LogP) is 4.83. The van der Waals surface area contributed by atoms with Crippen molar-refractivity contribution in [1.82, 2.24) is 10.2 Å². The molecule has 1 N–H and O–H groups in total. The number of nitrogens with zero attached hydrogens (tertiary/aromatic N) is 2. The van der Waals surface area contributed by atoms with E-state index in [-0.39, 0.29) is 11.9 Å². The van der Waals surface area contributed by atoms with Crippen LogP contribution in [0.5, 0.6) is 0 Å². The van der Waals surface area contributed by atoms with E-state index in [0.29, 0.717) is 5.69 Å². The molecular weight excluding hydrogens is 334 g/mol. The second-order valence-corrected chi connectivity index (χ2v) is 6.55. The minimum Gasteiger partial charge on any atom is -0.295 e. The highest BCUT2D eigenvalue weighted by molar-refractivity contribution is 6.11. The van der Waals surface area contributed by atoms with Crippen molar-refractivity contribution in [2.24, 2.45) is 0 Å². The monoisotopic (exact) mass is 351 g/mol. The van der Waals surface area contributed by atoms with Gasteiger partial charge in [0.2, 0.25) is 0 Å². The summed E-state index contributed by atoms with van der Waals surface area (Å²) in [5, 5.41) is 7.48. The highest BCUT2D eigenvalue weighted by atomic mass is 16.2. The van der Waals surface area contributed by atoms with Crippen LogP contribution in [-0.4, -0.2) is 16.1 Å². The smallest absolute Gasteiger partial charge is 0.277 e. The molecule has 3 aromatic carbocycles. The standard InChI is InChI=1S/C23H17N3O/c27-23-21-19(20(24-25-21)16-10-4-1-5-11-16)22(17-12-6-2-7-13-17)26(23)18-14-8-3-9-15-18/h1-15,22H,(H,24,25)/t22-/m1/s1. The van der Waals surface area contributed by atoms with Crippen LogP contribution < -0.4 is 4.90 Å². The van der Waals surface area contributed by atoms with Crippen molar-refractivity contribution in [3.63, 3.8) is 0 Å². The van der Waals surface area contributed by atoms with Crippen molar-refractivity contribution in [3.8, 4) is 11.3 Å². The molecule has 4 heteroatoms. The van der Waals surface area contributed by atoms with Gasteiger partial charge in [-0.3, -0.25) is 14.8 Å². The Labute approximate surface area is 157 Å². The van der Waals surface area contributed by atoms with Crippen molar-refractivity contribution >= 4 is 11.6 Å². The number of carbonyl (C=O) groups is 1. The molecule has 130 valence electrons. The normalized spacial score (nSPS) is 15.8. The molecule has 4 aromatic rings. The zero-order valence-corrected chi connectivity index (χ0v) is 14.5. The lowest BCUT2D eigenvalue weighted by Gasteiger charge is -2.26. The first-order valence-corrected chi connectivity index (χ1v) is 8.92. The van der Waals surface area contributed by atoms with Gasteiger partial charge in [-0.05, 0) is 17.7 Å². The lowest BCUT2D eigenvalue weighted by atomic mass is 9.96. The second-order valence-electron chi connectivity index (χ2n) is 6.55. The lowest BCUT2D eigenvalue weighted by molar-refractivity contribution is 0.0989. The van der Waals surface area contributed by atoms with E-state index in [1.807, 2.05) is 83.8 Å². The number of anilines is 1. The van der Waals surface area contributed by atoms with Crippen LogP contribution in [0.4, 0.5) is 5.69 Å². The topological polar surface area (TPSA) is 49.0 Å². The molecular formula is C23H17N3O. The second kappa shape index (κ2) is 6.25. The molecule has 0 aliphatic carbocycles. The zero-order chi connectivity index (χ0) is 18.2. The van der Waals surface area contributed by atoms with E-state index in [1.165, 1.54) is 0 Å². The summed E-state index contributed by atoms with van der Waals surface area (Å²) in [5.74, 6) is -0.0558. The minimum atomic E-state index is -0.218. The van der Waals surface area contributed by atoms with Gasteiger partial charge >= 0.3 is 0 Å². The largest absolute Gasteiger partial charge is 0.295 e. The van der Waals surface area contributed by atoms with Crippen LogP contribution in [0.15, 0.2) is 91.0 Å². The molecule has 0 radical (unpaired) electrons. The number of amides is 1. The van der Waals surface area contributed by atoms with E-state index < -0.39 is 0 Å². The number of carbonyl (C=O) groups excluding carboxylic acids is 1. The molecule has 0 bridgehead atoms. The molecule has 1 aliphatic rings. The zero-order valence-electron chi connectivity index (χ0n) is 14.5. The number of rotatable bonds is 3. The van der Waals surface area contributed by atoms with Crippen LogP contribution in [0.25, 0.3) is 11.3 Å². The number of para-hydroxylation sites is 1. The maximum absolute atomic E-state index is 13.3. The number of fused-ring (bicyclic) bond motifs is 1. The fourth-order valence-electron chi connectivity index (χ4n) is 3.77. The van der Waals surface area contributed by atoms with Gasteiger partial charge in [-0.1, -0.05) is 78.9 Å². The van der Waals surface area contributed by atoms with E-state index in [1.54, 1.807) is 0 Å². The van der Waals surface area contributed by atoms with Crippen LogP contribution in [0.1, 0.15) is 27.7 Å². The van der Waals surface area contributed by atoms with Crippen molar-refractivity contribution < 1.29 is 4.79 Å². The summed E-state index contributed by atoms with van der Waals surface area (Å²) in [6.07, 6.45) is 0. The maximum atomic E-state index is 13.3. The summed E-state index contributed by atoms with van der Waals surface area (Å²) in [7, 11) is 0. The summed E-state index contributed by atoms with van der Waals surface area (Å²) >= 11 is 0. The molecule has 0 unspecified atom stereocenters. The number of hydrogen-bond acceptors (Lipinski definition) is 2. The third-order valence-corrected chi connectivity index (χ3v) is 4.97. The summed E-state index contributed by atoms with van der Waals surface area (Å²) < 4.78 is 0. The van der Waals surface area contributed by atoms with Crippen LogP contribution in [0, 0.1) is 0 Å². The number of aromatic amines is 1. The number of hydrogen-bond donors (Lipinski definition) is 1. The first kappa shape index (κ1) is 15.6. The van der Waals surface area contributed by atoms with Gasteiger partial charge in [0.25, 0.3) is 5.91 Å². The van der Waals surface area contributed by atoms with E-state index in [0.717, 1.165) is 28.1 Å². The Morgan fingerprint density at radius 3 is 2.04 bits per heavy atom. The average molecular weight is 351 g/mol. The van der Waals surface area contributed by atoms with E-state index in [2.05, 4.69) is 22.3 Å². The molecule has 2 heterocycles. The molecule has 0 fully saturated rings. The summed E-state index contributed by atoms with van der Waals surface area (Å²) in [4.78, 5) is 15.1. The van der Waals surface area contributed by atoms with Crippen LogP contribution >= 0.6 is 0 Å². The number of aromatic nitrogens is 2. The molecule has 1 atom stereocenters. The van der Waals surface area contributed by atoms with Gasteiger partial charge < -0.3 is 0 Å². The third-order valence-electron chi connectivity index (χ3n) is 4.97. The van der Waals surface area contributed by atoms with E-state index in [9.17, 15) is 4.79 Å². The minimum absolute atomic E-state index is 0.0558. The van der Waals surface area contributed by atoms with Gasteiger partial charge in [-0.25, -0.2) is 0 Å². The Balaban J connectivity index is 1.74. The first-order valence-electron chi connectivity index (χ1n) is 8.92. The highest BCUT2D eigenvalue weighted by Crippen LogP contribution is 2.44. The highest BCUT2D eigenvalue weighted by Gasteiger charge is 2.42. The SMILES string of the molecule is O=C1c2[nH]nc(-c3ccccc3)c2[C@@H](c2ccccc2)N1c1ccccc1. The first-order chi connectivity index (χ1) is 13.3. The van der Waals surface area contributed by atoms with Crippen molar-refractivity contribution in [3.05, 3.63) is 108 Å². The Morgan fingerprint density at radius 1 is 0.778 bits per heavy atom. The molecule has 0 saturated heterocycles. The molecule has 0 spiro atoms. The fourth-order valence-corrected chi connectivity index (χ4v) is 3.77.